The lowest BCUT2D eigenvalue weighted by Crippen LogP contribution is -2.03. The van der Waals surface area contributed by atoms with Gasteiger partial charge in [-0.1, -0.05) is 49.0 Å². The summed E-state index contributed by atoms with van der Waals surface area (Å²) in [5.41, 5.74) is 1.90. The maximum Gasteiger partial charge on any atom is 0.333 e. The Labute approximate surface area is 120 Å². The smallest absolute Gasteiger partial charge is 0.333 e. The van der Waals surface area contributed by atoms with Crippen molar-refractivity contribution in [2.45, 2.75) is 25.7 Å². The number of benzene rings is 2. The lowest BCUT2D eigenvalue weighted by atomic mass is 10.0. The van der Waals surface area contributed by atoms with E-state index in [1.54, 1.807) is 0 Å². The minimum atomic E-state index is -0.296. The molecule has 0 aromatic heterocycles. The van der Waals surface area contributed by atoms with Gasteiger partial charge in [0.2, 0.25) is 0 Å². The van der Waals surface area contributed by atoms with Gasteiger partial charge < -0.3 is 4.74 Å². The van der Waals surface area contributed by atoms with Crippen molar-refractivity contribution in [1.29, 1.82) is 0 Å². The van der Waals surface area contributed by atoms with Gasteiger partial charge in [0.1, 0.15) is 0 Å². The summed E-state index contributed by atoms with van der Waals surface area (Å²) >= 11 is 0. The predicted molar refractivity (Wildman–Crippen MR) is 82.7 cm³/mol. The van der Waals surface area contributed by atoms with Gasteiger partial charge in [-0.3, -0.25) is 0 Å². The van der Waals surface area contributed by atoms with Crippen LogP contribution in [-0.4, -0.2) is 13.1 Å². The molecular formula is C18H20O2. The average Bonchev–Trinajstić information content (AvgIpc) is 2.50. The highest BCUT2D eigenvalue weighted by Gasteiger charge is 2.05. The van der Waals surface area contributed by atoms with Gasteiger partial charge in [0.25, 0.3) is 0 Å². The first-order valence-corrected chi connectivity index (χ1v) is 6.94. The Balaban J connectivity index is 1.84. The molecule has 0 spiro atoms. The van der Waals surface area contributed by atoms with E-state index >= 15 is 0 Å². The van der Waals surface area contributed by atoms with Crippen molar-refractivity contribution in [2.75, 3.05) is 7.11 Å². The van der Waals surface area contributed by atoms with E-state index in [2.05, 4.69) is 53.8 Å². The quantitative estimate of drug-likeness (QED) is 0.444. The summed E-state index contributed by atoms with van der Waals surface area (Å²) in [5, 5.41) is 2.55. The summed E-state index contributed by atoms with van der Waals surface area (Å²) in [6.45, 7) is 3.74. The zero-order valence-corrected chi connectivity index (χ0v) is 11.9. The maximum absolute atomic E-state index is 11.2. The lowest BCUT2D eigenvalue weighted by molar-refractivity contribution is -0.136. The third-order valence-electron chi connectivity index (χ3n) is 3.48. The fourth-order valence-electron chi connectivity index (χ4n) is 2.31. The Morgan fingerprint density at radius 1 is 1.10 bits per heavy atom. The number of methoxy groups -OCH3 is 1. The van der Waals surface area contributed by atoms with Crippen molar-refractivity contribution in [3.05, 3.63) is 60.2 Å². The zero-order chi connectivity index (χ0) is 14.4. The van der Waals surface area contributed by atoms with E-state index in [-0.39, 0.29) is 5.97 Å². The Morgan fingerprint density at radius 2 is 1.85 bits per heavy atom. The van der Waals surface area contributed by atoms with Crippen LogP contribution >= 0.6 is 0 Å². The SMILES string of the molecule is C=C(CCCCc1ccc2ccccc2c1)C(=O)OC. The highest BCUT2D eigenvalue weighted by Crippen LogP contribution is 2.17. The van der Waals surface area contributed by atoms with Gasteiger partial charge in [-0.2, -0.15) is 0 Å². The first-order valence-electron chi connectivity index (χ1n) is 6.94. The van der Waals surface area contributed by atoms with E-state index in [0.29, 0.717) is 12.0 Å². The predicted octanol–water partition coefficient (Wildman–Crippen LogP) is 4.28. The Kier molecular flexibility index (Phi) is 4.94. The average molecular weight is 268 g/mol. The van der Waals surface area contributed by atoms with Crippen LogP contribution in [0.4, 0.5) is 0 Å². The molecule has 0 saturated carbocycles. The molecule has 0 bridgehead atoms. The van der Waals surface area contributed by atoms with Crippen LogP contribution < -0.4 is 0 Å². The second-order valence-electron chi connectivity index (χ2n) is 4.98. The summed E-state index contributed by atoms with van der Waals surface area (Å²) in [6, 6.07) is 15.0. The molecule has 0 heterocycles. The first kappa shape index (κ1) is 14.3. The standard InChI is InChI=1S/C18H20O2/c1-14(18(19)20-2)7-3-4-8-15-11-12-16-9-5-6-10-17(16)13-15/h5-6,9-13H,1,3-4,7-8H2,2H3. The topological polar surface area (TPSA) is 26.3 Å². The fourth-order valence-corrected chi connectivity index (χ4v) is 2.31. The van der Waals surface area contributed by atoms with Crippen molar-refractivity contribution in [2.24, 2.45) is 0 Å². The van der Waals surface area contributed by atoms with Gasteiger partial charge in [-0.25, -0.2) is 4.79 Å². The number of aryl methyl sites for hydroxylation is 1. The van der Waals surface area contributed by atoms with Crippen molar-refractivity contribution < 1.29 is 9.53 Å². The molecule has 0 unspecified atom stereocenters. The normalized spacial score (nSPS) is 10.4. The van der Waals surface area contributed by atoms with Gasteiger partial charge in [-0.15, -0.1) is 0 Å². The van der Waals surface area contributed by atoms with Gasteiger partial charge in [0.05, 0.1) is 7.11 Å². The molecule has 0 amide bonds. The van der Waals surface area contributed by atoms with Crippen LogP contribution in [0.2, 0.25) is 0 Å². The largest absolute Gasteiger partial charge is 0.466 e. The van der Waals surface area contributed by atoms with Gasteiger partial charge in [0, 0.05) is 5.57 Å². The number of rotatable bonds is 6. The van der Waals surface area contributed by atoms with Crippen LogP contribution in [0.1, 0.15) is 24.8 Å². The first-order chi connectivity index (χ1) is 9.70. The van der Waals surface area contributed by atoms with Crippen LogP contribution in [0.15, 0.2) is 54.6 Å². The number of carbonyl (C=O) groups is 1. The van der Waals surface area contributed by atoms with Crippen molar-refractivity contribution in [3.63, 3.8) is 0 Å². The molecule has 20 heavy (non-hydrogen) atoms. The Bertz CT molecular complexity index is 614. The molecule has 0 saturated heterocycles. The van der Waals surface area contributed by atoms with E-state index < -0.39 is 0 Å². The number of fused-ring (bicyclic) bond motifs is 1. The molecule has 0 fully saturated rings. The fraction of sp³-hybridized carbons (Fsp3) is 0.278. The molecule has 0 radical (unpaired) electrons. The second kappa shape index (κ2) is 6.90. The number of ether oxygens (including phenoxy) is 1. The van der Waals surface area contributed by atoms with E-state index in [1.807, 2.05) is 0 Å². The van der Waals surface area contributed by atoms with Crippen LogP contribution in [0.25, 0.3) is 10.8 Å². The molecule has 2 heteroatoms. The number of esters is 1. The maximum atomic E-state index is 11.2. The highest BCUT2D eigenvalue weighted by atomic mass is 16.5. The molecule has 2 aromatic rings. The van der Waals surface area contributed by atoms with Crippen LogP contribution in [0.3, 0.4) is 0 Å². The van der Waals surface area contributed by atoms with Crippen LogP contribution in [0.5, 0.6) is 0 Å². The highest BCUT2D eigenvalue weighted by molar-refractivity contribution is 5.87. The molecular weight excluding hydrogens is 248 g/mol. The minimum absolute atomic E-state index is 0.296. The number of hydrogen-bond donors (Lipinski definition) is 0. The monoisotopic (exact) mass is 268 g/mol. The van der Waals surface area contributed by atoms with Crippen LogP contribution in [0, 0.1) is 0 Å². The van der Waals surface area contributed by atoms with Gasteiger partial charge in [0.15, 0.2) is 0 Å². The molecule has 2 rings (SSSR count). The van der Waals surface area contributed by atoms with E-state index in [0.717, 1.165) is 19.3 Å². The third kappa shape index (κ3) is 3.70. The number of carbonyl (C=O) groups excluding carboxylic acids is 1. The molecule has 0 aliphatic heterocycles. The number of hydrogen-bond acceptors (Lipinski definition) is 2. The molecule has 104 valence electrons. The summed E-state index contributed by atoms with van der Waals surface area (Å²) in [4.78, 5) is 11.2. The van der Waals surface area contributed by atoms with Crippen molar-refractivity contribution in [3.8, 4) is 0 Å². The van der Waals surface area contributed by atoms with Gasteiger partial charge in [-0.05, 0) is 42.0 Å². The molecule has 0 aliphatic rings. The number of unbranched alkanes of at least 4 members (excludes halogenated alkanes) is 1. The van der Waals surface area contributed by atoms with Crippen LogP contribution in [-0.2, 0) is 16.0 Å². The minimum Gasteiger partial charge on any atom is -0.466 e. The molecule has 0 aliphatic carbocycles. The molecule has 2 aromatic carbocycles. The summed E-state index contributed by atoms with van der Waals surface area (Å²) in [7, 11) is 1.39. The van der Waals surface area contributed by atoms with Crippen molar-refractivity contribution in [1.82, 2.24) is 0 Å². The second-order valence-corrected chi connectivity index (χ2v) is 4.98. The lowest BCUT2D eigenvalue weighted by Gasteiger charge is -2.05. The Morgan fingerprint density at radius 3 is 2.60 bits per heavy atom. The summed E-state index contributed by atoms with van der Waals surface area (Å²) in [6.07, 6.45) is 3.74. The zero-order valence-electron chi connectivity index (χ0n) is 11.9. The van der Waals surface area contributed by atoms with E-state index in [4.69, 9.17) is 0 Å². The summed E-state index contributed by atoms with van der Waals surface area (Å²) < 4.78 is 4.64. The van der Waals surface area contributed by atoms with Crippen molar-refractivity contribution >= 4 is 16.7 Å². The Hall–Kier alpha value is -2.09. The van der Waals surface area contributed by atoms with E-state index in [1.165, 1.54) is 23.4 Å². The van der Waals surface area contributed by atoms with Gasteiger partial charge >= 0.3 is 5.97 Å². The molecule has 2 nitrogen and oxygen atoms in total. The van der Waals surface area contributed by atoms with E-state index in [9.17, 15) is 4.79 Å². The molecule has 0 N–H and O–H groups in total. The molecule has 0 atom stereocenters. The summed E-state index contributed by atoms with van der Waals surface area (Å²) in [5.74, 6) is -0.296. The third-order valence-corrected chi connectivity index (χ3v) is 3.48.